The van der Waals surface area contributed by atoms with Gasteiger partial charge in [-0.2, -0.15) is 0 Å². The Morgan fingerprint density at radius 1 is 1.28 bits per heavy atom. The average Bonchev–Trinajstić information content (AvgIpc) is 3.37. The minimum atomic E-state index is -0.217. The van der Waals surface area contributed by atoms with Gasteiger partial charge in [0.15, 0.2) is 6.61 Å². The van der Waals surface area contributed by atoms with Crippen LogP contribution in [0.1, 0.15) is 6.42 Å². The Hall–Kier alpha value is -2.71. The highest BCUT2D eigenvalue weighted by Crippen LogP contribution is 2.28. The van der Waals surface area contributed by atoms with Gasteiger partial charge in [0.25, 0.3) is 5.91 Å². The number of piperazine rings is 1. The van der Waals surface area contributed by atoms with E-state index in [-0.39, 0.29) is 12.5 Å². The number of aromatic nitrogens is 2. The minimum absolute atomic E-state index is 0.0549. The number of benzene rings is 2. The van der Waals surface area contributed by atoms with E-state index in [4.69, 9.17) is 9.72 Å². The van der Waals surface area contributed by atoms with Gasteiger partial charge < -0.3 is 20.3 Å². The van der Waals surface area contributed by atoms with Crippen molar-refractivity contribution in [1.82, 2.24) is 15.3 Å². The van der Waals surface area contributed by atoms with Crippen LogP contribution >= 0.6 is 15.9 Å². The van der Waals surface area contributed by atoms with E-state index in [1.54, 1.807) is 0 Å². The third-order valence-electron chi connectivity index (χ3n) is 5.35. The molecule has 1 amide bonds. The van der Waals surface area contributed by atoms with E-state index in [1.807, 2.05) is 48.7 Å². The summed E-state index contributed by atoms with van der Waals surface area (Å²) in [5.41, 5.74) is 1.57. The van der Waals surface area contributed by atoms with E-state index in [0.717, 1.165) is 40.8 Å². The fourth-order valence-electron chi connectivity index (χ4n) is 3.92. The van der Waals surface area contributed by atoms with Crippen LogP contribution in [0.3, 0.4) is 0 Å². The zero-order valence-corrected chi connectivity index (χ0v) is 17.2. The van der Waals surface area contributed by atoms with Crippen molar-refractivity contribution in [3.63, 3.8) is 0 Å². The number of anilines is 2. The number of hydrogen-bond acceptors (Lipinski definition) is 6. The van der Waals surface area contributed by atoms with Crippen LogP contribution in [-0.4, -0.2) is 47.7 Å². The van der Waals surface area contributed by atoms with Crippen molar-refractivity contribution < 1.29 is 9.53 Å². The average molecular weight is 454 g/mol. The van der Waals surface area contributed by atoms with Gasteiger partial charge in [-0.3, -0.25) is 4.79 Å². The van der Waals surface area contributed by atoms with Crippen LogP contribution in [0.2, 0.25) is 0 Å². The van der Waals surface area contributed by atoms with Crippen molar-refractivity contribution in [3.05, 3.63) is 53.1 Å². The highest BCUT2D eigenvalue weighted by atomic mass is 79.9. The number of fused-ring (bicyclic) bond motifs is 3. The minimum Gasteiger partial charge on any atom is -0.484 e. The maximum atomic E-state index is 12.2. The number of amides is 1. The number of hydrogen-bond donors (Lipinski definition) is 2. The molecule has 2 aromatic carbocycles. The van der Waals surface area contributed by atoms with Crippen LogP contribution in [0.5, 0.6) is 5.75 Å². The molecule has 2 aliphatic heterocycles. The lowest BCUT2D eigenvalue weighted by atomic mass is 10.2. The quantitative estimate of drug-likeness (QED) is 0.618. The molecule has 2 unspecified atom stereocenters. The van der Waals surface area contributed by atoms with Crippen molar-refractivity contribution in [1.29, 1.82) is 0 Å². The molecule has 2 fully saturated rings. The van der Waals surface area contributed by atoms with Gasteiger partial charge in [-0.05, 0) is 48.9 Å². The molecule has 0 saturated carbocycles. The lowest BCUT2D eigenvalue weighted by molar-refractivity contribution is -0.118. The van der Waals surface area contributed by atoms with Crippen LogP contribution in [0.15, 0.2) is 53.1 Å². The number of ether oxygens (including phenoxy) is 1. The third kappa shape index (κ3) is 3.90. The predicted molar refractivity (Wildman–Crippen MR) is 115 cm³/mol. The van der Waals surface area contributed by atoms with Crippen molar-refractivity contribution in [2.24, 2.45) is 0 Å². The van der Waals surface area contributed by atoms with Gasteiger partial charge in [0.1, 0.15) is 5.75 Å². The maximum Gasteiger partial charge on any atom is 0.262 e. The van der Waals surface area contributed by atoms with Gasteiger partial charge in [-0.15, -0.1) is 0 Å². The lowest BCUT2D eigenvalue weighted by Crippen LogP contribution is -2.44. The molecular weight excluding hydrogens is 434 g/mol. The summed E-state index contributed by atoms with van der Waals surface area (Å²) >= 11 is 3.37. The first-order valence-electron chi connectivity index (χ1n) is 9.59. The van der Waals surface area contributed by atoms with Gasteiger partial charge in [0.05, 0.1) is 5.52 Å². The zero-order valence-electron chi connectivity index (χ0n) is 15.6. The molecule has 2 bridgehead atoms. The summed E-state index contributed by atoms with van der Waals surface area (Å²) in [6.07, 6.45) is 2.99. The molecule has 8 heteroatoms. The van der Waals surface area contributed by atoms with Crippen molar-refractivity contribution in [2.45, 2.75) is 18.5 Å². The van der Waals surface area contributed by atoms with Gasteiger partial charge in [0, 0.05) is 46.9 Å². The Balaban J connectivity index is 1.24. The van der Waals surface area contributed by atoms with Gasteiger partial charge >= 0.3 is 0 Å². The summed E-state index contributed by atoms with van der Waals surface area (Å²) in [5, 5.41) is 7.24. The molecule has 2 atom stereocenters. The topological polar surface area (TPSA) is 79.4 Å². The Bertz CT molecular complexity index is 1060. The summed E-state index contributed by atoms with van der Waals surface area (Å²) in [7, 11) is 0. The highest BCUT2D eigenvalue weighted by Gasteiger charge is 2.38. The third-order valence-corrected chi connectivity index (χ3v) is 5.88. The number of carbonyl (C=O) groups is 1. The first-order valence-corrected chi connectivity index (χ1v) is 10.4. The molecule has 0 spiro atoms. The first-order chi connectivity index (χ1) is 14.1. The molecule has 3 heterocycles. The molecule has 3 aromatic rings. The van der Waals surface area contributed by atoms with Crippen LogP contribution in [0.25, 0.3) is 10.9 Å². The molecule has 2 saturated heterocycles. The fourth-order valence-corrected chi connectivity index (χ4v) is 4.19. The van der Waals surface area contributed by atoms with Crippen LogP contribution < -0.4 is 20.3 Å². The summed E-state index contributed by atoms with van der Waals surface area (Å²) in [6, 6.07) is 14.1. The number of nitrogens with zero attached hydrogens (tertiary/aromatic N) is 3. The Morgan fingerprint density at radius 2 is 2.14 bits per heavy atom. The first kappa shape index (κ1) is 18.3. The summed E-state index contributed by atoms with van der Waals surface area (Å²) in [6.45, 7) is 1.91. The molecular formula is C21H20BrN5O2. The zero-order chi connectivity index (χ0) is 19.8. The smallest absolute Gasteiger partial charge is 0.262 e. The molecule has 2 N–H and O–H groups in total. The number of rotatable bonds is 5. The predicted octanol–water partition coefficient (Wildman–Crippen LogP) is 2.96. The normalized spacial score (nSPS) is 20.2. The molecule has 0 aliphatic carbocycles. The van der Waals surface area contributed by atoms with Crippen molar-refractivity contribution in [3.8, 4) is 5.75 Å². The molecule has 5 rings (SSSR count). The fraction of sp³-hybridized carbons (Fsp3) is 0.286. The van der Waals surface area contributed by atoms with Crippen molar-refractivity contribution in [2.75, 3.05) is 29.9 Å². The van der Waals surface area contributed by atoms with E-state index >= 15 is 0 Å². The van der Waals surface area contributed by atoms with Crippen LogP contribution in [-0.2, 0) is 4.79 Å². The number of halogens is 1. The number of nitrogens with one attached hydrogen (secondary N) is 2. The second kappa shape index (κ2) is 7.61. The molecule has 148 valence electrons. The summed E-state index contributed by atoms with van der Waals surface area (Å²) in [4.78, 5) is 23.8. The largest absolute Gasteiger partial charge is 0.484 e. The van der Waals surface area contributed by atoms with E-state index in [2.05, 4.69) is 36.4 Å². The van der Waals surface area contributed by atoms with E-state index < -0.39 is 0 Å². The maximum absolute atomic E-state index is 12.2. The van der Waals surface area contributed by atoms with E-state index in [1.165, 1.54) is 0 Å². The number of carbonyl (C=O) groups excluding carboxylic acids is 1. The standard InChI is InChI=1S/C21H20BrN5O2/c22-14-1-4-18(5-2-14)29-12-20(28)25-15-3-6-19-13(7-15)9-24-21(26-19)27-11-16-8-17(27)10-23-16/h1-7,9,16-17,23H,8,10-12H2,(H,25,28). The Labute approximate surface area is 176 Å². The molecule has 1 aromatic heterocycles. The second-order valence-electron chi connectivity index (χ2n) is 7.38. The van der Waals surface area contributed by atoms with E-state index in [0.29, 0.717) is 23.5 Å². The highest BCUT2D eigenvalue weighted by molar-refractivity contribution is 9.10. The second-order valence-corrected chi connectivity index (χ2v) is 8.30. The summed E-state index contributed by atoms with van der Waals surface area (Å²) < 4.78 is 6.47. The van der Waals surface area contributed by atoms with Gasteiger partial charge in [-0.25, -0.2) is 9.97 Å². The molecule has 2 aliphatic rings. The molecule has 7 nitrogen and oxygen atoms in total. The Morgan fingerprint density at radius 3 is 2.90 bits per heavy atom. The van der Waals surface area contributed by atoms with Crippen LogP contribution in [0.4, 0.5) is 11.6 Å². The van der Waals surface area contributed by atoms with E-state index in [9.17, 15) is 4.79 Å². The summed E-state index contributed by atoms with van der Waals surface area (Å²) in [5.74, 6) is 1.21. The Kier molecular flexibility index (Phi) is 4.81. The van der Waals surface area contributed by atoms with Crippen molar-refractivity contribution >= 4 is 44.4 Å². The van der Waals surface area contributed by atoms with Gasteiger partial charge in [-0.1, -0.05) is 15.9 Å². The van der Waals surface area contributed by atoms with Gasteiger partial charge in [0.2, 0.25) is 5.95 Å². The van der Waals surface area contributed by atoms with Crippen LogP contribution in [0, 0.1) is 0 Å². The SMILES string of the molecule is O=C(COc1ccc(Br)cc1)Nc1ccc2nc(N3CC4CC3CN4)ncc2c1. The monoisotopic (exact) mass is 453 g/mol. The lowest BCUT2D eigenvalue weighted by Gasteiger charge is -2.27. The molecule has 0 radical (unpaired) electrons. The molecule has 29 heavy (non-hydrogen) atoms.